The van der Waals surface area contributed by atoms with Crippen LogP contribution >= 0.6 is 0 Å². The van der Waals surface area contributed by atoms with E-state index in [2.05, 4.69) is 5.32 Å². The van der Waals surface area contributed by atoms with Crippen LogP contribution in [0.2, 0.25) is 0 Å². The molecule has 4 aliphatic rings. The summed E-state index contributed by atoms with van der Waals surface area (Å²) in [6, 6.07) is 0. The van der Waals surface area contributed by atoms with Crippen LogP contribution in [0.25, 0.3) is 0 Å². The average Bonchev–Trinajstić information content (AvgIpc) is 2.34. The third kappa shape index (κ3) is 3.13. The Kier molecular flexibility index (Phi) is 3.83. The predicted molar refractivity (Wildman–Crippen MR) is 82.5 cm³/mol. The third-order valence-electron chi connectivity index (χ3n) is 5.88. The topological polar surface area (TPSA) is 63.2 Å². The molecule has 0 spiro atoms. The second kappa shape index (κ2) is 5.25. The summed E-state index contributed by atoms with van der Waals surface area (Å²) >= 11 is 0. The largest absolute Gasteiger partial charge is 0.355 e. The van der Waals surface area contributed by atoms with E-state index in [1.54, 1.807) is 13.8 Å². The van der Waals surface area contributed by atoms with E-state index in [4.69, 9.17) is 0 Å². The number of sulfone groups is 1. The van der Waals surface area contributed by atoms with E-state index in [9.17, 15) is 13.2 Å². The van der Waals surface area contributed by atoms with Crippen molar-refractivity contribution in [2.75, 3.05) is 12.3 Å². The summed E-state index contributed by atoms with van der Waals surface area (Å²) in [4.78, 5) is 12.0. The minimum Gasteiger partial charge on any atom is -0.355 e. The van der Waals surface area contributed by atoms with Gasteiger partial charge in [-0.1, -0.05) is 0 Å². The fraction of sp³-hybridized carbons (Fsp3) is 0.938. The maximum atomic E-state index is 12.0. The quantitative estimate of drug-likeness (QED) is 0.846. The Morgan fingerprint density at radius 1 is 1.10 bits per heavy atom. The van der Waals surface area contributed by atoms with Crippen LogP contribution in [0.3, 0.4) is 0 Å². The van der Waals surface area contributed by atoms with Crippen LogP contribution in [-0.4, -0.2) is 31.9 Å². The number of hydrogen-bond donors (Lipinski definition) is 1. The molecule has 0 aliphatic heterocycles. The van der Waals surface area contributed by atoms with Gasteiger partial charge in [0.25, 0.3) is 0 Å². The van der Waals surface area contributed by atoms with Crippen molar-refractivity contribution >= 4 is 15.7 Å². The molecule has 0 unspecified atom stereocenters. The number of hydrogen-bond acceptors (Lipinski definition) is 3. The lowest BCUT2D eigenvalue weighted by Crippen LogP contribution is -2.51. The SMILES string of the molecule is CC(C)S(=O)(=O)CC(=O)NCC12CC3CC(CC(C3)C1)C2. The fourth-order valence-corrected chi connectivity index (χ4v) is 5.99. The molecule has 0 saturated heterocycles. The van der Waals surface area contributed by atoms with Crippen molar-refractivity contribution in [2.45, 2.75) is 57.6 Å². The molecule has 0 atom stereocenters. The summed E-state index contributed by atoms with van der Waals surface area (Å²) in [6.45, 7) is 3.94. The molecule has 4 aliphatic carbocycles. The van der Waals surface area contributed by atoms with E-state index < -0.39 is 15.1 Å². The lowest BCUT2D eigenvalue weighted by atomic mass is 9.49. The third-order valence-corrected chi connectivity index (χ3v) is 7.98. The van der Waals surface area contributed by atoms with Crippen LogP contribution in [0.15, 0.2) is 0 Å². The van der Waals surface area contributed by atoms with E-state index in [0.29, 0.717) is 6.54 Å². The van der Waals surface area contributed by atoms with Crippen molar-refractivity contribution in [1.29, 1.82) is 0 Å². The molecule has 5 heteroatoms. The molecule has 1 N–H and O–H groups in total. The molecule has 120 valence electrons. The molecule has 4 bridgehead atoms. The Labute approximate surface area is 128 Å². The molecule has 0 radical (unpaired) electrons. The summed E-state index contributed by atoms with van der Waals surface area (Å²) in [7, 11) is -3.29. The molecule has 0 heterocycles. The van der Waals surface area contributed by atoms with Crippen molar-refractivity contribution in [3.8, 4) is 0 Å². The first kappa shape index (κ1) is 15.3. The second-order valence-electron chi connectivity index (χ2n) is 8.05. The molecule has 1 amide bonds. The second-order valence-corrected chi connectivity index (χ2v) is 10.6. The molecule has 0 aromatic rings. The van der Waals surface area contributed by atoms with Gasteiger partial charge in [-0.3, -0.25) is 4.79 Å². The van der Waals surface area contributed by atoms with Crippen molar-refractivity contribution in [1.82, 2.24) is 5.32 Å². The molecule has 21 heavy (non-hydrogen) atoms. The van der Waals surface area contributed by atoms with Gasteiger partial charge in [0, 0.05) is 6.54 Å². The van der Waals surface area contributed by atoms with Gasteiger partial charge in [-0.15, -0.1) is 0 Å². The Bertz CT molecular complexity index is 488. The van der Waals surface area contributed by atoms with Gasteiger partial charge in [0.15, 0.2) is 9.84 Å². The maximum absolute atomic E-state index is 12.0. The Hall–Kier alpha value is -0.580. The van der Waals surface area contributed by atoms with Gasteiger partial charge in [-0.2, -0.15) is 0 Å². The van der Waals surface area contributed by atoms with Gasteiger partial charge in [0.05, 0.1) is 5.25 Å². The van der Waals surface area contributed by atoms with Gasteiger partial charge >= 0.3 is 0 Å². The Morgan fingerprint density at radius 3 is 2.00 bits per heavy atom. The van der Waals surface area contributed by atoms with Crippen LogP contribution in [0.4, 0.5) is 0 Å². The first-order valence-electron chi connectivity index (χ1n) is 8.26. The van der Waals surface area contributed by atoms with Crippen LogP contribution in [0.5, 0.6) is 0 Å². The lowest BCUT2D eigenvalue weighted by Gasteiger charge is -2.56. The molecule has 0 aromatic carbocycles. The summed E-state index contributed by atoms with van der Waals surface area (Å²) in [6.07, 6.45) is 7.85. The monoisotopic (exact) mass is 313 g/mol. The molecular weight excluding hydrogens is 286 g/mol. The molecular formula is C16H27NO3S. The summed E-state index contributed by atoms with van der Waals surface area (Å²) in [5.41, 5.74) is 0.270. The van der Waals surface area contributed by atoms with Crippen molar-refractivity contribution in [2.24, 2.45) is 23.2 Å². The lowest BCUT2D eigenvalue weighted by molar-refractivity contribution is -0.120. The number of amides is 1. The highest BCUT2D eigenvalue weighted by atomic mass is 32.2. The van der Waals surface area contributed by atoms with Crippen LogP contribution in [0.1, 0.15) is 52.4 Å². The van der Waals surface area contributed by atoms with E-state index >= 15 is 0 Å². The Balaban J connectivity index is 1.57. The fourth-order valence-electron chi connectivity index (χ4n) is 5.19. The summed E-state index contributed by atoms with van der Waals surface area (Å²) in [5.74, 6) is 1.88. The smallest absolute Gasteiger partial charge is 0.235 e. The van der Waals surface area contributed by atoms with Gasteiger partial charge in [0.2, 0.25) is 5.91 Å². The zero-order chi connectivity index (χ0) is 15.3. The zero-order valence-electron chi connectivity index (χ0n) is 13.1. The number of rotatable bonds is 5. The Morgan fingerprint density at radius 2 is 1.57 bits per heavy atom. The molecule has 0 aromatic heterocycles. The first-order valence-corrected chi connectivity index (χ1v) is 9.98. The van der Waals surface area contributed by atoms with Crippen molar-refractivity contribution in [3.63, 3.8) is 0 Å². The molecule has 4 fully saturated rings. The van der Waals surface area contributed by atoms with Crippen LogP contribution in [0, 0.1) is 23.2 Å². The normalized spacial score (nSPS) is 38.0. The minimum atomic E-state index is -3.29. The van der Waals surface area contributed by atoms with Gasteiger partial charge in [0.1, 0.15) is 5.75 Å². The highest BCUT2D eigenvalue weighted by molar-refractivity contribution is 7.92. The number of nitrogens with one attached hydrogen (secondary N) is 1. The average molecular weight is 313 g/mol. The number of carbonyl (C=O) groups is 1. The molecule has 4 rings (SSSR count). The first-order chi connectivity index (χ1) is 9.78. The minimum absolute atomic E-state index is 0.270. The van der Waals surface area contributed by atoms with Gasteiger partial charge in [-0.25, -0.2) is 8.42 Å². The van der Waals surface area contributed by atoms with E-state index in [0.717, 1.165) is 17.8 Å². The van der Waals surface area contributed by atoms with Gasteiger partial charge < -0.3 is 5.32 Å². The van der Waals surface area contributed by atoms with Crippen LogP contribution < -0.4 is 5.32 Å². The van der Waals surface area contributed by atoms with E-state index in [-0.39, 0.29) is 17.1 Å². The maximum Gasteiger partial charge on any atom is 0.235 e. The highest BCUT2D eigenvalue weighted by Crippen LogP contribution is 2.59. The predicted octanol–water partition coefficient (Wildman–Crippen LogP) is 2.14. The molecule has 4 saturated carbocycles. The van der Waals surface area contributed by atoms with Crippen molar-refractivity contribution < 1.29 is 13.2 Å². The van der Waals surface area contributed by atoms with Crippen molar-refractivity contribution in [3.05, 3.63) is 0 Å². The van der Waals surface area contributed by atoms with Crippen LogP contribution in [-0.2, 0) is 14.6 Å². The number of carbonyl (C=O) groups excluding carboxylic acids is 1. The highest BCUT2D eigenvalue weighted by Gasteiger charge is 2.50. The van der Waals surface area contributed by atoms with Gasteiger partial charge in [-0.05, 0) is 75.5 Å². The molecule has 4 nitrogen and oxygen atoms in total. The summed E-state index contributed by atoms with van der Waals surface area (Å²) in [5, 5.41) is 2.45. The zero-order valence-corrected chi connectivity index (χ0v) is 13.9. The summed E-state index contributed by atoms with van der Waals surface area (Å²) < 4.78 is 23.6. The van der Waals surface area contributed by atoms with E-state index in [1.165, 1.54) is 38.5 Å². The van der Waals surface area contributed by atoms with E-state index in [1.807, 2.05) is 0 Å². The standard InChI is InChI=1S/C16H27NO3S/c1-11(2)21(19,20)9-15(18)17-10-16-6-12-3-13(7-16)5-14(4-12)8-16/h11-14H,3-10H2,1-2H3,(H,17,18).